The molecule has 3 amide bonds. The number of carbonyl (C=O) groups is 2. The van der Waals surface area contributed by atoms with Crippen molar-refractivity contribution in [3.05, 3.63) is 46.2 Å². The Balaban J connectivity index is 1.49. The maximum atomic E-state index is 13.5. The molecule has 1 N–H and O–H groups in total. The first-order valence-electron chi connectivity index (χ1n) is 11.5. The molecule has 1 aliphatic carbocycles. The fourth-order valence-electron chi connectivity index (χ4n) is 4.12. The SMILES string of the molecule is COc1cccc(OCC2c3ccsc3CCN2C(=O)CN(C(=O)NC(C)(C)C)C2CC2)c1. The number of fused-ring (bicyclic) bond motifs is 1. The molecule has 1 unspecified atom stereocenters. The number of carbonyl (C=O) groups excluding carboxylic acids is 2. The third kappa shape index (κ3) is 5.79. The van der Waals surface area contributed by atoms with Crippen molar-refractivity contribution in [1.82, 2.24) is 15.1 Å². The Morgan fingerprint density at radius 3 is 2.67 bits per heavy atom. The third-order valence-electron chi connectivity index (χ3n) is 5.90. The predicted octanol–water partition coefficient (Wildman–Crippen LogP) is 4.23. The summed E-state index contributed by atoms with van der Waals surface area (Å²) in [5, 5.41) is 5.08. The van der Waals surface area contributed by atoms with E-state index in [1.165, 1.54) is 4.88 Å². The number of nitrogens with one attached hydrogen (secondary N) is 1. The number of hydrogen-bond acceptors (Lipinski definition) is 5. The minimum atomic E-state index is -0.350. The summed E-state index contributed by atoms with van der Waals surface area (Å²) in [7, 11) is 1.62. The van der Waals surface area contributed by atoms with Gasteiger partial charge in [0.2, 0.25) is 5.91 Å². The van der Waals surface area contributed by atoms with E-state index < -0.39 is 0 Å². The number of methoxy groups -OCH3 is 1. The number of nitrogens with zero attached hydrogens (tertiary/aromatic N) is 2. The summed E-state index contributed by atoms with van der Waals surface area (Å²) in [4.78, 5) is 31.3. The van der Waals surface area contributed by atoms with Gasteiger partial charge in [-0.2, -0.15) is 0 Å². The van der Waals surface area contributed by atoms with E-state index in [0.29, 0.717) is 18.9 Å². The molecule has 1 saturated carbocycles. The van der Waals surface area contributed by atoms with Gasteiger partial charge in [0.25, 0.3) is 0 Å². The van der Waals surface area contributed by atoms with E-state index in [0.717, 1.165) is 30.6 Å². The lowest BCUT2D eigenvalue weighted by molar-refractivity contribution is -0.135. The van der Waals surface area contributed by atoms with Gasteiger partial charge in [-0.1, -0.05) is 6.07 Å². The van der Waals surface area contributed by atoms with Gasteiger partial charge in [-0.25, -0.2) is 4.79 Å². The summed E-state index contributed by atoms with van der Waals surface area (Å²) in [5.74, 6) is 1.39. The summed E-state index contributed by atoms with van der Waals surface area (Å²) >= 11 is 1.72. The first-order chi connectivity index (χ1) is 15.7. The number of thiophene rings is 1. The van der Waals surface area contributed by atoms with Gasteiger partial charge in [-0.15, -0.1) is 11.3 Å². The summed E-state index contributed by atoms with van der Waals surface area (Å²) in [5.41, 5.74) is 0.788. The summed E-state index contributed by atoms with van der Waals surface area (Å²) in [6.07, 6.45) is 2.72. The molecule has 1 atom stereocenters. The number of hydrogen-bond donors (Lipinski definition) is 1. The molecule has 2 heterocycles. The van der Waals surface area contributed by atoms with E-state index >= 15 is 0 Å². The van der Waals surface area contributed by atoms with Gasteiger partial charge < -0.3 is 24.6 Å². The van der Waals surface area contributed by atoms with Crippen LogP contribution in [0.5, 0.6) is 11.5 Å². The summed E-state index contributed by atoms with van der Waals surface area (Å²) in [6, 6.07) is 9.35. The van der Waals surface area contributed by atoms with Crippen LogP contribution in [0.4, 0.5) is 4.79 Å². The Hall–Kier alpha value is -2.74. The Kier molecular flexibility index (Phi) is 6.83. The van der Waals surface area contributed by atoms with E-state index in [1.54, 1.807) is 23.3 Å². The quantitative estimate of drug-likeness (QED) is 0.656. The maximum absolute atomic E-state index is 13.5. The summed E-state index contributed by atoms with van der Waals surface area (Å²) in [6.45, 7) is 6.91. The number of ether oxygens (including phenoxy) is 2. The van der Waals surface area contributed by atoms with Crippen molar-refractivity contribution in [2.75, 3.05) is 26.8 Å². The highest BCUT2D eigenvalue weighted by Gasteiger charge is 2.38. The molecule has 178 valence electrons. The highest BCUT2D eigenvalue weighted by molar-refractivity contribution is 7.10. The zero-order valence-electron chi connectivity index (χ0n) is 19.8. The molecule has 1 aromatic heterocycles. The molecular formula is C25H33N3O4S. The van der Waals surface area contributed by atoms with Crippen molar-refractivity contribution in [3.63, 3.8) is 0 Å². The van der Waals surface area contributed by atoms with Crippen LogP contribution in [-0.2, 0) is 11.2 Å². The maximum Gasteiger partial charge on any atom is 0.318 e. The highest BCUT2D eigenvalue weighted by Crippen LogP contribution is 2.35. The number of benzene rings is 1. The molecule has 1 fully saturated rings. The minimum absolute atomic E-state index is 0.0398. The van der Waals surface area contributed by atoms with Gasteiger partial charge in [0.15, 0.2) is 0 Å². The first kappa shape index (κ1) is 23.4. The van der Waals surface area contributed by atoms with Gasteiger partial charge in [-0.3, -0.25) is 4.79 Å². The Bertz CT molecular complexity index is 996. The molecule has 0 saturated heterocycles. The van der Waals surface area contributed by atoms with Gasteiger partial charge in [0.1, 0.15) is 24.7 Å². The molecule has 2 aromatic rings. The first-order valence-corrected chi connectivity index (χ1v) is 12.3. The molecule has 2 aliphatic rings. The zero-order chi connectivity index (χ0) is 23.6. The molecule has 0 bridgehead atoms. The van der Waals surface area contributed by atoms with Gasteiger partial charge in [-0.05, 0) is 69.2 Å². The third-order valence-corrected chi connectivity index (χ3v) is 6.90. The molecule has 33 heavy (non-hydrogen) atoms. The van der Waals surface area contributed by atoms with Crippen molar-refractivity contribution in [2.24, 2.45) is 0 Å². The smallest absolute Gasteiger partial charge is 0.318 e. The Morgan fingerprint density at radius 1 is 1.21 bits per heavy atom. The monoisotopic (exact) mass is 471 g/mol. The highest BCUT2D eigenvalue weighted by atomic mass is 32.1. The summed E-state index contributed by atoms with van der Waals surface area (Å²) < 4.78 is 11.4. The van der Waals surface area contributed by atoms with Crippen LogP contribution in [-0.4, -0.2) is 60.1 Å². The average Bonchev–Trinajstić information content (AvgIpc) is 3.50. The van der Waals surface area contributed by atoms with Crippen LogP contribution in [0, 0.1) is 0 Å². The fourth-order valence-corrected chi connectivity index (χ4v) is 5.05. The van der Waals surface area contributed by atoms with Crippen LogP contribution >= 0.6 is 11.3 Å². The number of amides is 3. The van der Waals surface area contributed by atoms with Crippen LogP contribution in [0.1, 0.15) is 50.1 Å². The van der Waals surface area contributed by atoms with E-state index in [4.69, 9.17) is 9.47 Å². The Labute approximate surface area is 199 Å². The fraction of sp³-hybridized carbons (Fsp3) is 0.520. The van der Waals surface area contributed by atoms with E-state index in [1.807, 2.05) is 49.9 Å². The topological polar surface area (TPSA) is 71.1 Å². The minimum Gasteiger partial charge on any atom is -0.497 e. The van der Waals surface area contributed by atoms with E-state index in [-0.39, 0.29) is 36.1 Å². The lowest BCUT2D eigenvalue weighted by atomic mass is 10.0. The van der Waals surface area contributed by atoms with Crippen molar-refractivity contribution in [3.8, 4) is 11.5 Å². The standard InChI is InChI=1S/C25H33N3O4S/c1-25(2,3)26-24(30)28(17-8-9-17)15-23(29)27-12-10-22-20(11-13-33-22)21(27)16-32-19-7-5-6-18(14-19)31-4/h5-7,11,13-14,17,21H,8-10,12,15-16H2,1-4H3,(H,26,30). The molecule has 0 spiro atoms. The van der Waals surface area contributed by atoms with E-state index in [2.05, 4.69) is 16.8 Å². The zero-order valence-corrected chi connectivity index (χ0v) is 20.6. The van der Waals surface area contributed by atoms with Crippen LogP contribution in [0.2, 0.25) is 0 Å². The molecule has 7 nitrogen and oxygen atoms in total. The van der Waals surface area contributed by atoms with Crippen LogP contribution in [0.3, 0.4) is 0 Å². The molecule has 0 radical (unpaired) electrons. The van der Waals surface area contributed by atoms with Gasteiger partial charge in [0, 0.05) is 29.1 Å². The van der Waals surface area contributed by atoms with Crippen molar-refractivity contribution in [1.29, 1.82) is 0 Å². The second-order valence-corrected chi connectivity index (χ2v) is 10.7. The molecular weight excluding hydrogens is 438 g/mol. The average molecular weight is 472 g/mol. The largest absolute Gasteiger partial charge is 0.497 e. The second-order valence-electron chi connectivity index (χ2n) is 9.68. The van der Waals surface area contributed by atoms with Crippen molar-refractivity contribution >= 4 is 23.3 Å². The number of urea groups is 1. The normalized spacial score (nSPS) is 17.8. The molecule has 8 heteroatoms. The van der Waals surface area contributed by atoms with Crippen molar-refractivity contribution in [2.45, 2.75) is 57.7 Å². The van der Waals surface area contributed by atoms with Crippen LogP contribution in [0.25, 0.3) is 0 Å². The molecule has 4 rings (SSSR count). The van der Waals surface area contributed by atoms with Crippen LogP contribution < -0.4 is 14.8 Å². The molecule has 1 aliphatic heterocycles. The van der Waals surface area contributed by atoms with Crippen molar-refractivity contribution < 1.29 is 19.1 Å². The van der Waals surface area contributed by atoms with E-state index in [9.17, 15) is 9.59 Å². The second kappa shape index (κ2) is 9.63. The molecule has 1 aromatic carbocycles. The van der Waals surface area contributed by atoms with Gasteiger partial charge in [0.05, 0.1) is 13.2 Å². The van der Waals surface area contributed by atoms with Gasteiger partial charge >= 0.3 is 6.03 Å². The Morgan fingerprint density at radius 2 is 1.97 bits per heavy atom. The predicted molar refractivity (Wildman–Crippen MR) is 129 cm³/mol. The lowest BCUT2D eigenvalue weighted by Crippen LogP contribution is -2.53. The lowest BCUT2D eigenvalue weighted by Gasteiger charge is -2.37. The number of rotatable bonds is 7. The van der Waals surface area contributed by atoms with Crippen LogP contribution in [0.15, 0.2) is 35.7 Å².